The van der Waals surface area contributed by atoms with Gasteiger partial charge in [-0.15, -0.1) is 0 Å². The lowest BCUT2D eigenvalue weighted by Gasteiger charge is -2.34. The van der Waals surface area contributed by atoms with E-state index in [-0.39, 0.29) is 5.92 Å². The molecule has 7 aromatic carbocycles. The molecule has 266 valence electrons. The molecule has 0 saturated carbocycles. The van der Waals surface area contributed by atoms with Crippen molar-refractivity contribution in [1.29, 1.82) is 0 Å². The summed E-state index contributed by atoms with van der Waals surface area (Å²) in [6, 6.07) is 70.6. The van der Waals surface area contributed by atoms with Crippen molar-refractivity contribution in [2.45, 2.75) is 24.2 Å². The van der Waals surface area contributed by atoms with Crippen LogP contribution in [0.3, 0.4) is 0 Å². The van der Waals surface area contributed by atoms with Gasteiger partial charge in [0.25, 0.3) is 0 Å². The van der Waals surface area contributed by atoms with E-state index < -0.39 is 5.41 Å². The third kappa shape index (κ3) is 5.74. The van der Waals surface area contributed by atoms with E-state index in [0.29, 0.717) is 0 Å². The van der Waals surface area contributed by atoms with Gasteiger partial charge in [0.15, 0.2) is 0 Å². The number of hydrogen-bond acceptors (Lipinski definition) is 2. The molecule has 0 amide bonds. The van der Waals surface area contributed by atoms with Gasteiger partial charge in [0.2, 0.25) is 0 Å². The molecule has 1 aliphatic heterocycles. The summed E-state index contributed by atoms with van der Waals surface area (Å²) in [5.74, 6) is 0.0546. The first-order valence-electron chi connectivity index (χ1n) is 19.6. The largest absolute Gasteiger partial charge is 0.260 e. The van der Waals surface area contributed by atoms with Crippen LogP contribution in [0.4, 0.5) is 0 Å². The fourth-order valence-electron chi connectivity index (χ4n) is 9.08. The molecule has 0 spiro atoms. The third-order valence-corrected chi connectivity index (χ3v) is 11.7. The second kappa shape index (κ2) is 14.4. The molecular weight excluding hydrogens is 677 g/mol. The van der Waals surface area contributed by atoms with Crippen LogP contribution in [0.25, 0.3) is 44.5 Å². The number of aromatic nitrogens is 1. The molecule has 2 heterocycles. The van der Waals surface area contributed by atoms with Gasteiger partial charge in [0.1, 0.15) is 0 Å². The van der Waals surface area contributed by atoms with E-state index >= 15 is 0 Å². The van der Waals surface area contributed by atoms with Crippen LogP contribution in [0.5, 0.6) is 0 Å². The summed E-state index contributed by atoms with van der Waals surface area (Å²) in [5, 5.41) is 0. The first-order chi connectivity index (χ1) is 27.8. The first kappa shape index (κ1) is 33.7. The lowest BCUT2D eigenvalue weighted by Crippen LogP contribution is -2.28. The van der Waals surface area contributed by atoms with E-state index in [1.165, 1.54) is 55.6 Å². The smallest absolute Gasteiger partial charge is 0.0713 e. The van der Waals surface area contributed by atoms with Crippen molar-refractivity contribution in [3.8, 4) is 44.5 Å². The van der Waals surface area contributed by atoms with Crippen molar-refractivity contribution >= 4 is 5.71 Å². The zero-order valence-corrected chi connectivity index (χ0v) is 31.1. The second-order valence-electron chi connectivity index (χ2n) is 14.8. The van der Waals surface area contributed by atoms with Gasteiger partial charge in [0.05, 0.1) is 16.8 Å². The van der Waals surface area contributed by atoms with Crippen LogP contribution < -0.4 is 0 Å². The lowest BCUT2D eigenvalue weighted by atomic mass is 9.67. The first-order valence-corrected chi connectivity index (χ1v) is 19.6. The number of allylic oxidation sites excluding steroid dienone is 1. The van der Waals surface area contributed by atoms with Crippen LogP contribution in [0.15, 0.2) is 218 Å². The Hall–Kier alpha value is -6.90. The molecule has 8 aromatic rings. The Morgan fingerprint density at radius 3 is 1.66 bits per heavy atom. The van der Waals surface area contributed by atoms with Gasteiger partial charge in [-0.3, -0.25) is 9.98 Å². The van der Waals surface area contributed by atoms with E-state index in [2.05, 4.69) is 206 Å². The van der Waals surface area contributed by atoms with Gasteiger partial charge in [-0.1, -0.05) is 188 Å². The summed E-state index contributed by atoms with van der Waals surface area (Å²) in [5.41, 5.74) is 17.6. The molecule has 2 nitrogen and oxygen atoms in total. The molecule has 0 saturated heterocycles. The molecule has 1 atom stereocenters. The Morgan fingerprint density at radius 2 is 0.982 bits per heavy atom. The van der Waals surface area contributed by atoms with Crippen molar-refractivity contribution in [2.75, 3.05) is 0 Å². The zero-order valence-electron chi connectivity index (χ0n) is 31.1. The fourth-order valence-corrected chi connectivity index (χ4v) is 9.08. The van der Waals surface area contributed by atoms with Gasteiger partial charge in [-0.25, -0.2) is 0 Å². The molecule has 0 fully saturated rings. The highest BCUT2D eigenvalue weighted by molar-refractivity contribution is 6.06. The number of rotatable bonds is 7. The minimum atomic E-state index is -0.430. The summed E-state index contributed by atoms with van der Waals surface area (Å²) < 4.78 is 0. The summed E-state index contributed by atoms with van der Waals surface area (Å²) >= 11 is 0. The Kier molecular flexibility index (Phi) is 8.65. The Morgan fingerprint density at radius 1 is 0.429 bits per heavy atom. The van der Waals surface area contributed by atoms with Gasteiger partial charge in [-0.05, 0) is 91.7 Å². The Balaban J connectivity index is 1.05. The van der Waals surface area contributed by atoms with E-state index in [0.717, 1.165) is 40.9 Å². The molecule has 2 heteroatoms. The SMILES string of the molecule is C1=CN=C(c2ccc(-c3ccc4c(c3)C(c3ccccc3)(c3ccccc3)c3ccccc3-4)cc2)C(c2cc(-c3ccccc3)c(-c3ccccc3)cn2)CC1. The highest BCUT2D eigenvalue weighted by atomic mass is 14.8. The fraction of sp³-hybridized carbons (Fsp3) is 0.0741. The van der Waals surface area contributed by atoms with Crippen molar-refractivity contribution in [3.05, 3.63) is 246 Å². The van der Waals surface area contributed by atoms with E-state index in [1.54, 1.807) is 0 Å². The molecule has 56 heavy (non-hydrogen) atoms. The van der Waals surface area contributed by atoms with E-state index in [1.807, 2.05) is 6.20 Å². The quantitative estimate of drug-likeness (QED) is 0.161. The van der Waals surface area contributed by atoms with Crippen LogP contribution in [-0.4, -0.2) is 10.7 Å². The highest BCUT2D eigenvalue weighted by Crippen LogP contribution is 2.56. The normalized spacial score (nSPS) is 15.4. The van der Waals surface area contributed by atoms with Crippen LogP contribution in [-0.2, 0) is 5.41 Å². The summed E-state index contributed by atoms with van der Waals surface area (Å²) in [6.45, 7) is 0. The second-order valence-corrected chi connectivity index (χ2v) is 14.8. The predicted octanol–water partition coefficient (Wildman–Crippen LogP) is 13.3. The summed E-state index contributed by atoms with van der Waals surface area (Å²) in [6.07, 6.45) is 8.10. The predicted molar refractivity (Wildman–Crippen MR) is 232 cm³/mol. The third-order valence-electron chi connectivity index (χ3n) is 11.7. The topological polar surface area (TPSA) is 25.2 Å². The van der Waals surface area contributed by atoms with Gasteiger partial charge in [-0.2, -0.15) is 0 Å². The standard InChI is InChI=1S/C54H40N2/c1-5-17-39(18-6-1)48-36-52(56-37-49(48)40-19-7-2-8-20-40)47-26-15-16-34-55-53(47)41-30-28-38(29-31-41)42-32-33-46-45-25-13-14-27-50(45)54(51(46)35-42,43-21-9-3-10-22-43)44-23-11-4-12-24-44/h1-14,16-25,27-37,47H,15,26H2. The maximum atomic E-state index is 5.15. The molecular formula is C54H40N2. The van der Waals surface area contributed by atoms with Crippen LogP contribution >= 0.6 is 0 Å². The molecule has 1 aliphatic carbocycles. The Bertz CT molecular complexity index is 2670. The number of hydrogen-bond donors (Lipinski definition) is 0. The molecule has 0 N–H and O–H groups in total. The summed E-state index contributed by atoms with van der Waals surface area (Å²) in [7, 11) is 0. The highest BCUT2D eigenvalue weighted by Gasteiger charge is 2.46. The number of aliphatic imine (C=N–C) groups is 1. The number of benzene rings is 7. The molecule has 2 aliphatic rings. The van der Waals surface area contributed by atoms with Gasteiger partial charge >= 0.3 is 0 Å². The van der Waals surface area contributed by atoms with E-state index in [9.17, 15) is 0 Å². The van der Waals surface area contributed by atoms with Crippen LogP contribution in [0.2, 0.25) is 0 Å². The minimum Gasteiger partial charge on any atom is -0.260 e. The minimum absolute atomic E-state index is 0.0546. The Labute approximate surface area is 329 Å². The molecule has 1 unspecified atom stereocenters. The van der Waals surface area contributed by atoms with E-state index in [4.69, 9.17) is 9.98 Å². The number of pyridine rings is 1. The van der Waals surface area contributed by atoms with Crippen LogP contribution in [0.1, 0.15) is 52.3 Å². The maximum absolute atomic E-state index is 5.15. The zero-order chi connectivity index (χ0) is 37.3. The van der Waals surface area contributed by atoms with Crippen molar-refractivity contribution in [1.82, 2.24) is 4.98 Å². The lowest BCUT2D eigenvalue weighted by molar-refractivity contribution is 0.766. The average Bonchev–Trinajstić information content (AvgIpc) is 3.37. The van der Waals surface area contributed by atoms with Crippen LogP contribution in [0, 0.1) is 0 Å². The molecule has 0 radical (unpaired) electrons. The molecule has 1 aromatic heterocycles. The van der Waals surface area contributed by atoms with Gasteiger partial charge in [0, 0.05) is 23.9 Å². The van der Waals surface area contributed by atoms with Crippen molar-refractivity contribution < 1.29 is 0 Å². The molecule has 0 bridgehead atoms. The number of fused-ring (bicyclic) bond motifs is 3. The average molecular weight is 717 g/mol. The number of nitrogens with zero attached hydrogens (tertiary/aromatic N) is 2. The van der Waals surface area contributed by atoms with Crippen molar-refractivity contribution in [3.63, 3.8) is 0 Å². The maximum Gasteiger partial charge on any atom is 0.0713 e. The van der Waals surface area contributed by atoms with Gasteiger partial charge < -0.3 is 0 Å². The monoisotopic (exact) mass is 716 g/mol. The van der Waals surface area contributed by atoms with Crippen molar-refractivity contribution in [2.24, 2.45) is 4.99 Å². The summed E-state index contributed by atoms with van der Waals surface area (Å²) in [4.78, 5) is 10.2. The molecule has 10 rings (SSSR count).